The third-order valence-corrected chi connectivity index (χ3v) is 2.73. The van der Waals surface area contributed by atoms with Gasteiger partial charge in [0.25, 0.3) is 5.91 Å². The van der Waals surface area contributed by atoms with Crippen molar-refractivity contribution in [3.8, 4) is 0 Å². The number of methoxy groups -OCH3 is 1. The highest BCUT2D eigenvalue weighted by molar-refractivity contribution is 5.90. The molecule has 6 nitrogen and oxygen atoms in total. The number of aromatic nitrogens is 3. The van der Waals surface area contributed by atoms with Gasteiger partial charge < -0.3 is 10.1 Å². The molecule has 17 heavy (non-hydrogen) atoms. The minimum atomic E-state index is -0.226. The highest BCUT2D eigenvalue weighted by Crippen LogP contribution is 2.37. The third kappa shape index (κ3) is 3.26. The van der Waals surface area contributed by atoms with Gasteiger partial charge in [0.2, 0.25) is 5.82 Å². The first kappa shape index (κ1) is 12.0. The molecule has 1 heterocycles. The number of carbonyl (C=O) groups is 1. The van der Waals surface area contributed by atoms with E-state index >= 15 is 0 Å². The van der Waals surface area contributed by atoms with Crippen molar-refractivity contribution in [2.45, 2.75) is 25.7 Å². The fourth-order valence-corrected chi connectivity index (χ4v) is 1.60. The Labute approximate surface area is 100 Å². The van der Waals surface area contributed by atoms with Gasteiger partial charge >= 0.3 is 0 Å². The first-order valence-electron chi connectivity index (χ1n) is 5.90. The lowest BCUT2D eigenvalue weighted by Gasteiger charge is -2.09. The van der Waals surface area contributed by atoms with Crippen molar-refractivity contribution in [1.82, 2.24) is 20.5 Å². The Kier molecular flexibility index (Phi) is 3.73. The van der Waals surface area contributed by atoms with Gasteiger partial charge in [-0.3, -0.25) is 9.89 Å². The van der Waals surface area contributed by atoms with Crippen molar-refractivity contribution < 1.29 is 9.53 Å². The van der Waals surface area contributed by atoms with Crippen molar-refractivity contribution >= 4 is 5.91 Å². The fraction of sp³-hybridized carbons (Fsp3) is 0.727. The van der Waals surface area contributed by atoms with Crippen LogP contribution in [-0.4, -0.2) is 41.3 Å². The predicted octanol–water partition coefficient (Wildman–Crippen LogP) is 0.694. The molecule has 0 spiro atoms. The van der Waals surface area contributed by atoms with Crippen molar-refractivity contribution in [2.24, 2.45) is 5.92 Å². The van der Waals surface area contributed by atoms with Gasteiger partial charge in [-0.2, -0.15) is 0 Å². The molecule has 0 aromatic carbocycles. The van der Waals surface area contributed by atoms with Crippen molar-refractivity contribution in [3.05, 3.63) is 11.6 Å². The molecule has 2 rings (SSSR count). The van der Waals surface area contributed by atoms with Gasteiger partial charge in [-0.25, -0.2) is 4.98 Å². The van der Waals surface area contributed by atoms with Crippen LogP contribution in [0.15, 0.2) is 0 Å². The maximum Gasteiger partial charge on any atom is 0.290 e. The molecular weight excluding hydrogens is 220 g/mol. The lowest BCUT2D eigenvalue weighted by atomic mass is 10.2. The highest BCUT2D eigenvalue weighted by Gasteiger charge is 2.28. The molecule has 2 N–H and O–H groups in total. The molecule has 1 aromatic rings. The maximum atomic E-state index is 11.7. The minimum Gasteiger partial charge on any atom is -0.384 e. The van der Waals surface area contributed by atoms with E-state index in [1.54, 1.807) is 7.11 Å². The van der Waals surface area contributed by atoms with Crippen LogP contribution in [0.25, 0.3) is 0 Å². The zero-order valence-electron chi connectivity index (χ0n) is 10.2. The molecule has 0 saturated heterocycles. The van der Waals surface area contributed by atoms with E-state index < -0.39 is 0 Å². The Morgan fingerprint density at radius 2 is 2.41 bits per heavy atom. The van der Waals surface area contributed by atoms with E-state index in [0.717, 1.165) is 18.7 Å². The predicted molar refractivity (Wildman–Crippen MR) is 61.7 cm³/mol. The van der Waals surface area contributed by atoms with Crippen LogP contribution in [-0.2, 0) is 4.74 Å². The third-order valence-electron chi connectivity index (χ3n) is 2.73. The van der Waals surface area contributed by atoms with E-state index in [2.05, 4.69) is 20.5 Å². The lowest BCUT2D eigenvalue weighted by Crippen LogP contribution is -2.30. The molecule has 6 heteroatoms. The van der Waals surface area contributed by atoms with Crippen LogP contribution in [0.1, 0.15) is 42.1 Å². The molecule has 1 amide bonds. The molecule has 1 unspecified atom stereocenters. The van der Waals surface area contributed by atoms with Gasteiger partial charge in [-0.1, -0.05) is 6.92 Å². The van der Waals surface area contributed by atoms with Gasteiger partial charge in [0.15, 0.2) is 0 Å². The average Bonchev–Trinajstić information content (AvgIpc) is 3.05. The van der Waals surface area contributed by atoms with Crippen LogP contribution in [0.5, 0.6) is 0 Å². The Balaban J connectivity index is 1.81. The number of rotatable bonds is 6. The van der Waals surface area contributed by atoms with E-state index in [9.17, 15) is 4.79 Å². The number of hydrogen-bond donors (Lipinski definition) is 2. The molecule has 1 aliphatic carbocycles. The number of nitrogens with zero attached hydrogens (tertiary/aromatic N) is 2. The SMILES string of the molecule is COCC(C)CNC(=O)c1n[nH]c(C2CC2)n1. The molecule has 94 valence electrons. The van der Waals surface area contributed by atoms with E-state index in [-0.39, 0.29) is 17.6 Å². The molecule has 0 radical (unpaired) electrons. The smallest absolute Gasteiger partial charge is 0.290 e. The standard InChI is InChI=1S/C11H18N4O2/c1-7(6-17-2)5-12-11(16)10-13-9(14-15-10)8-3-4-8/h7-8H,3-6H2,1-2H3,(H,12,16)(H,13,14,15). The van der Waals surface area contributed by atoms with Crippen LogP contribution in [0.3, 0.4) is 0 Å². The highest BCUT2D eigenvalue weighted by atomic mass is 16.5. The van der Waals surface area contributed by atoms with Crippen molar-refractivity contribution in [1.29, 1.82) is 0 Å². The van der Waals surface area contributed by atoms with E-state index in [4.69, 9.17) is 4.74 Å². The number of ether oxygens (including phenoxy) is 1. The van der Waals surface area contributed by atoms with Crippen LogP contribution in [0.2, 0.25) is 0 Å². The number of hydrogen-bond acceptors (Lipinski definition) is 4. The normalized spacial score (nSPS) is 16.8. The number of carbonyl (C=O) groups excluding carboxylic acids is 1. The summed E-state index contributed by atoms with van der Waals surface area (Å²) in [5, 5.41) is 9.53. The topological polar surface area (TPSA) is 79.9 Å². The fourth-order valence-electron chi connectivity index (χ4n) is 1.60. The number of amides is 1. The first-order valence-corrected chi connectivity index (χ1v) is 5.90. The largest absolute Gasteiger partial charge is 0.384 e. The molecule has 1 atom stereocenters. The molecule has 0 aliphatic heterocycles. The summed E-state index contributed by atoms with van der Waals surface area (Å²) in [7, 11) is 1.65. The van der Waals surface area contributed by atoms with E-state index in [0.29, 0.717) is 19.1 Å². The molecule has 1 aromatic heterocycles. The lowest BCUT2D eigenvalue weighted by molar-refractivity contribution is 0.0924. The number of H-pyrrole nitrogens is 1. The Hall–Kier alpha value is -1.43. The van der Waals surface area contributed by atoms with Crippen molar-refractivity contribution in [3.63, 3.8) is 0 Å². The summed E-state index contributed by atoms with van der Waals surface area (Å²) in [6.07, 6.45) is 2.28. The van der Waals surface area contributed by atoms with Gasteiger partial charge in [-0.15, -0.1) is 5.10 Å². The van der Waals surface area contributed by atoms with Crippen LogP contribution in [0, 0.1) is 5.92 Å². The average molecular weight is 238 g/mol. The zero-order chi connectivity index (χ0) is 12.3. The number of nitrogens with one attached hydrogen (secondary N) is 2. The van der Waals surface area contributed by atoms with E-state index in [1.165, 1.54) is 0 Å². The monoisotopic (exact) mass is 238 g/mol. The second-order valence-electron chi connectivity index (χ2n) is 4.59. The second kappa shape index (κ2) is 5.27. The molecule has 1 saturated carbocycles. The first-order chi connectivity index (χ1) is 8.20. The molecular formula is C11H18N4O2. The summed E-state index contributed by atoms with van der Waals surface area (Å²) in [5.74, 6) is 1.61. The van der Waals surface area contributed by atoms with Gasteiger partial charge in [0, 0.05) is 19.6 Å². The molecule has 1 aliphatic rings. The summed E-state index contributed by atoms with van der Waals surface area (Å²) in [6, 6.07) is 0. The quantitative estimate of drug-likeness (QED) is 0.764. The zero-order valence-corrected chi connectivity index (χ0v) is 10.2. The van der Waals surface area contributed by atoms with Gasteiger partial charge in [0.05, 0.1) is 6.61 Å². The van der Waals surface area contributed by atoms with Crippen LogP contribution < -0.4 is 5.32 Å². The summed E-state index contributed by atoms with van der Waals surface area (Å²) in [5.41, 5.74) is 0. The Bertz CT molecular complexity index is 387. The molecule has 0 bridgehead atoms. The minimum absolute atomic E-state index is 0.226. The van der Waals surface area contributed by atoms with Crippen molar-refractivity contribution in [2.75, 3.05) is 20.3 Å². The summed E-state index contributed by atoms with van der Waals surface area (Å²) < 4.78 is 5.00. The van der Waals surface area contributed by atoms with Gasteiger partial charge in [0.1, 0.15) is 5.82 Å². The maximum absolute atomic E-state index is 11.7. The van der Waals surface area contributed by atoms with E-state index in [1.807, 2.05) is 6.92 Å². The van der Waals surface area contributed by atoms with Gasteiger partial charge in [-0.05, 0) is 18.8 Å². The summed E-state index contributed by atoms with van der Waals surface area (Å²) >= 11 is 0. The Morgan fingerprint density at radius 1 is 1.65 bits per heavy atom. The summed E-state index contributed by atoms with van der Waals surface area (Å²) in [6.45, 7) is 3.21. The second-order valence-corrected chi connectivity index (χ2v) is 4.59. The van der Waals surface area contributed by atoms with Crippen LogP contribution in [0.4, 0.5) is 0 Å². The molecule has 1 fully saturated rings. The Morgan fingerprint density at radius 3 is 3.06 bits per heavy atom. The summed E-state index contributed by atoms with van der Waals surface area (Å²) in [4.78, 5) is 15.9. The number of aromatic amines is 1. The van der Waals surface area contributed by atoms with Crippen LogP contribution >= 0.6 is 0 Å².